The number of hydrogen-bond donors (Lipinski definition) is 2. The van der Waals surface area contributed by atoms with Crippen LogP contribution in [0, 0.1) is 0 Å². The second kappa shape index (κ2) is 6.12. The Bertz CT molecular complexity index is 578. The molecular formula is C14H18Cl2N5-. The number of rotatable bonds is 1. The number of aliphatic imine (C=N–C) groups is 2. The molecule has 1 aromatic carbocycles. The van der Waals surface area contributed by atoms with Crippen molar-refractivity contribution in [1.82, 2.24) is 0 Å². The maximum Gasteiger partial charge on any atom is 0.220 e. The third-order valence-corrected chi connectivity index (χ3v) is 4.15. The molecule has 1 aliphatic heterocycles. The molecule has 4 N–H and O–H groups in total. The van der Waals surface area contributed by atoms with Crippen LogP contribution < -0.4 is 28.8 Å². The minimum atomic E-state index is -0.404. The normalized spacial score (nSPS) is 20.5. The highest BCUT2D eigenvalue weighted by Crippen LogP contribution is 2.39. The van der Waals surface area contributed by atoms with E-state index in [1.807, 2.05) is 29.2 Å². The quantitative estimate of drug-likeness (QED) is 0.727. The molecule has 0 unspecified atom stereocenters. The molecule has 0 saturated heterocycles. The lowest BCUT2D eigenvalue weighted by Gasteiger charge is -2.45. The standard InChI is InChI=1S/C14H18ClN5.ClH/c15-10-5-4-6-11(9-10)20-13(17)18-12(16)19-14(20)7-2-1-3-8-14;/h4-6,9H,1-3,7-8H2,(H4,16,17,18,19);1H/p-1. The van der Waals surface area contributed by atoms with Crippen molar-refractivity contribution in [1.29, 1.82) is 0 Å². The summed E-state index contributed by atoms with van der Waals surface area (Å²) in [5, 5.41) is 0.670. The van der Waals surface area contributed by atoms with Crippen LogP contribution in [0.5, 0.6) is 0 Å². The van der Waals surface area contributed by atoms with Crippen molar-refractivity contribution in [3.8, 4) is 0 Å². The van der Waals surface area contributed by atoms with Crippen molar-refractivity contribution >= 4 is 29.2 Å². The molecule has 1 spiro atoms. The topological polar surface area (TPSA) is 80.0 Å². The monoisotopic (exact) mass is 326 g/mol. The lowest BCUT2D eigenvalue weighted by atomic mass is 9.87. The first-order valence-electron chi connectivity index (χ1n) is 6.86. The Morgan fingerprint density at radius 2 is 1.86 bits per heavy atom. The molecule has 2 aliphatic rings. The molecule has 0 aromatic heterocycles. The molecule has 21 heavy (non-hydrogen) atoms. The van der Waals surface area contributed by atoms with E-state index in [1.54, 1.807) is 0 Å². The second-order valence-corrected chi connectivity index (χ2v) is 5.73. The highest BCUT2D eigenvalue weighted by Gasteiger charge is 2.42. The maximum atomic E-state index is 6.13. The van der Waals surface area contributed by atoms with E-state index in [0.717, 1.165) is 31.4 Å². The number of nitrogens with zero attached hydrogens (tertiary/aromatic N) is 3. The van der Waals surface area contributed by atoms with Crippen LogP contribution in [0.2, 0.25) is 5.02 Å². The fourth-order valence-corrected chi connectivity index (χ4v) is 3.29. The van der Waals surface area contributed by atoms with Gasteiger partial charge in [0.05, 0.1) is 0 Å². The number of benzene rings is 1. The number of guanidine groups is 2. The van der Waals surface area contributed by atoms with E-state index in [1.165, 1.54) is 6.42 Å². The molecule has 1 aromatic rings. The molecule has 1 aliphatic carbocycles. The van der Waals surface area contributed by atoms with Gasteiger partial charge in [0.1, 0.15) is 5.66 Å². The van der Waals surface area contributed by atoms with Gasteiger partial charge in [0.25, 0.3) is 0 Å². The van der Waals surface area contributed by atoms with Crippen LogP contribution in [0.15, 0.2) is 34.3 Å². The van der Waals surface area contributed by atoms with Crippen molar-refractivity contribution in [3.05, 3.63) is 29.3 Å². The SMILES string of the molecule is NC1=NC2(CCCCC2)N(c2cccc(Cl)c2)C(N)=N1.[Cl-]. The smallest absolute Gasteiger partial charge is 0.220 e. The van der Waals surface area contributed by atoms with Gasteiger partial charge in [-0.15, -0.1) is 0 Å². The van der Waals surface area contributed by atoms with Gasteiger partial charge in [-0.3, -0.25) is 4.90 Å². The van der Waals surface area contributed by atoms with Gasteiger partial charge >= 0.3 is 0 Å². The minimum Gasteiger partial charge on any atom is -1.00 e. The van der Waals surface area contributed by atoms with Gasteiger partial charge in [-0.2, -0.15) is 4.99 Å². The van der Waals surface area contributed by atoms with E-state index >= 15 is 0 Å². The Balaban J connectivity index is 0.00000161. The van der Waals surface area contributed by atoms with E-state index < -0.39 is 5.66 Å². The Kier molecular flexibility index (Phi) is 4.64. The third kappa shape index (κ3) is 2.94. The van der Waals surface area contributed by atoms with Crippen molar-refractivity contribution in [2.24, 2.45) is 21.5 Å². The summed E-state index contributed by atoms with van der Waals surface area (Å²) in [6.45, 7) is 0. The molecule has 114 valence electrons. The van der Waals surface area contributed by atoms with Crippen molar-refractivity contribution in [3.63, 3.8) is 0 Å². The number of anilines is 1. The average molecular weight is 327 g/mol. The highest BCUT2D eigenvalue weighted by molar-refractivity contribution is 6.31. The Labute approximate surface area is 135 Å². The third-order valence-electron chi connectivity index (χ3n) is 3.92. The maximum absolute atomic E-state index is 6.13. The van der Waals surface area contributed by atoms with Gasteiger partial charge in [0.2, 0.25) is 11.9 Å². The van der Waals surface area contributed by atoms with Gasteiger partial charge < -0.3 is 23.9 Å². The zero-order chi connectivity index (χ0) is 14.2. The summed E-state index contributed by atoms with van der Waals surface area (Å²) in [4.78, 5) is 10.7. The van der Waals surface area contributed by atoms with Crippen LogP contribution in [0.1, 0.15) is 32.1 Å². The fourth-order valence-electron chi connectivity index (χ4n) is 3.11. The molecule has 0 amide bonds. The van der Waals surface area contributed by atoms with Crippen molar-refractivity contribution < 1.29 is 12.4 Å². The lowest BCUT2D eigenvalue weighted by Crippen LogP contribution is -3.00. The van der Waals surface area contributed by atoms with E-state index in [-0.39, 0.29) is 18.4 Å². The first-order valence-corrected chi connectivity index (χ1v) is 7.24. The summed E-state index contributed by atoms with van der Waals surface area (Å²) in [5.41, 5.74) is 12.5. The Morgan fingerprint density at radius 3 is 2.52 bits per heavy atom. The van der Waals surface area contributed by atoms with Gasteiger partial charge in [0.15, 0.2) is 0 Å². The number of nitrogens with two attached hydrogens (primary N) is 2. The van der Waals surface area contributed by atoms with Gasteiger partial charge in [-0.1, -0.05) is 24.1 Å². The molecule has 0 atom stereocenters. The van der Waals surface area contributed by atoms with Crippen LogP contribution in [-0.4, -0.2) is 17.6 Å². The molecule has 1 fully saturated rings. The zero-order valence-corrected chi connectivity index (χ0v) is 13.1. The van der Waals surface area contributed by atoms with Crippen LogP contribution in [0.3, 0.4) is 0 Å². The molecule has 7 heteroatoms. The first-order chi connectivity index (χ1) is 9.61. The molecule has 0 bridgehead atoms. The second-order valence-electron chi connectivity index (χ2n) is 5.30. The van der Waals surface area contributed by atoms with E-state index in [0.29, 0.717) is 11.0 Å². The number of halogens is 2. The summed E-state index contributed by atoms with van der Waals surface area (Å²) in [6, 6.07) is 7.61. The lowest BCUT2D eigenvalue weighted by molar-refractivity contribution is -0.00000476. The van der Waals surface area contributed by atoms with Crippen LogP contribution in [0.4, 0.5) is 5.69 Å². The fraction of sp³-hybridized carbons (Fsp3) is 0.429. The number of hydrogen-bond acceptors (Lipinski definition) is 5. The van der Waals surface area contributed by atoms with E-state index in [2.05, 4.69) is 9.98 Å². The van der Waals surface area contributed by atoms with Gasteiger partial charge in [-0.05, 0) is 43.9 Å². The van der Waals surface area contributed by atoms with Crippen molar-refractivity contribution in [2.75, 3.05) is 4.90 Å². The molecule has 3 rings (SSSR count). The molecular weight excluding hydrogens is 309 g/mol. The summed E-state index contributed by atoms with van der Waals surface area (Å²) in [6.07, 6.45) is 5.30. The summed E-state index contributed by atoms with van der Waals surface area (Å²) in [5.74, 6) is 0.657. The molecule has 1 saturated carbocycles. The van der Waals surface area contributed by atoms with E-state index in [4.69, 9.17) is 23.1 Å². The van der Waals surface area contributed by atoms with Gasteiger partial charge in [-0.25, -0.2) is 4.99 Å². The van der Waals surface area contributed by atoms with Gasteiger partial charge in [0, 0.05) is 10.7 Å². The van der Waals surface area contributed by atoms with Crippen LogP contribution >= 0.6 is 11.6 Å². The zero-order valence-electron chi connectivity index (χ0n) is 11.6. The van der Waals surface area contributed by atoms with E-state index in [9.17, 15) is 0 Å². The Morgan fingerprint density at radius 1 is 1.14 bits per heavy atom. The highest BCUT2D eigenvalue weighted by atomic mass is 35.5. The summed E-state index contributed by atoms with van der Waals surface area (Å²) >= 11 is 6.10. The molecule has 5 nitrogen and oxygen atoms in total. The largest absolute Gasteiger partial charge is 1.00 e. The predicted molar refractivity (Wildman–Crippen MR) is 83.0 cm³/mol. The predicted octanol–water partition coefficient (Wildman–Crippen LogP) is -0.546. The van der Waals surface area contributed by atoms with Crippen LogP contribution in [0.25, 0.3) is 0 Å². The summed E-state index contributed by atoms with van der Waals surface area (Å²) < 4.78 is 0. The minimum absolute atomic E-state index is 0. The first kappa shape index (κ1) is 15.9. The van der Waals surface area contributed by atoms with Crippen molar-refractivity contribution in [2.45, 2.75) is 37.8 Å². The van der Waals surface area contributed by atoms with Crippen LogP contribution in [-0.2, 0) is 0 Å². The average Bonchev–Trinajstić information content (AvgIpc) is 2.38. The Hall–Kier alpha value is -1.46. The molecule has 1 heterocycles. The summed E-state index contributed by atoms with van der Waals surface area (Å²) in [7, 11) is 0. The molecule has 0 radical (unpaired) electrons.